The van der Waals surface area contributed by atoms with Crippen molar-refractivity contribution in [2.45, 2.75) is 71.6 Å². The number of carbonyl (C=O) groups excluding carboxylic acids is 2. The van der Waals surface area contributed by atoms with Gasteiger partial charge in [0.1, 0.15) is 18.1 Å². The number of hydrogen-bond donors (Lipinski definition) is 0. The van der Waals surface area contributed by atoms with Crippen LogP contribution in [-0.4, -0.2) is 33.2 Å². The maximum absolute atomic E-state index is 12.1. The Morgan fingerprint density at radius 1 is 1.00 bits per heavy atom. The molecule has 29 heavy (non-hydrogen) atoms. The first-order valence-electron chi connectivity index (χ1n) is 9.88. The molecule has 0 aliphatic heterocycles. The van der Waals surface area contributed by atoms with Crippen LogP contribution in [0.15, 0.2) is 18.2 Å². The van der Waals surface area contributed by atoms with Crippen LogP contribution in [0.25, 0.3) is 0 Å². The Morgan fingerprint density at radius 3 is 2.14 bits per heavy atom. The molecule has 0 N–H and O–H groups in total. The number of ether oxygens (including phenoxy) is 2. The summed E-state index contributed by atoms with van der Waals surface area (Å²) >= 11 is 0. The molecule has 0 aromatic heterocycles. The zero-order valence-electron chi connectivity index (χ0n) is 17.9. The number of carbonyl (C=O) groups is 2. The molecule has 0 atom stereocenters. The van der Waals surface area contributed by atoms with Crippen LogP contribution < -0.4 is 8.92 Å². The molecule has 1 aromatic rings. The second kappa shape index (κ2) is 11.2. The monoisotopic (exact) mass is 428 g/mol. The average Bonchev–Trinajstić information content (AvgIpc) is 2.63. The standard InChI is InChI=1S/C21H32O7S/c1-6-8-10-19(22)26-15-21(3,4)17-14-16(28-29(5,24)25)12-13-18(17)27-20(23)11-9-7-2/h12-14H,6-11,15H2,1-5H3. The molecule has 0 radical (unpaired) electrons. The summed E-state index contributed by atoms with van der Waals surface area (Å²) in [4.78, 5) is 24.0. The van der Waals surface area contributed by atoms with Gasteiger partial charge >= 0.3 is 22.1 Å². The van der Waals surface area contributed by atoms with Gasteiger partial charge in [-0.15, -0.1) is 0 Å². The summed E-state index contributed by atoms with van der Waals surface area (Å²) in [7, 11) is -3.72. The van der Waals surface area contributed by atoms with Gasteiger partial charge in [0.2, 0.25) is 0 Å². The minimum Gasteiger partial charge on any atom is -0.465 e. The number of hydrogen-bond acceptors (Lipinski definition) is 7. The van der Waals surface area contributed by atoms with Crippen molar-refractivity contribution in [2.75, 3.05) is 12.9 Å². The maximum atomic E-state index is 12.1. The van der Waals surface area contributed by atoms with E-state index < -0.39 is 15.5 Å². The molecule has 0 aliphatic rings. The van der Waals surface area contributed by atoms with Gasteiger partial charge in [0.25, 0.3) is 0 Å². The molecule has 7 nitrogen and oxygen atoms in total. The van der Waals surface area contributed by atoms with Gasteiger partial charge < -0.3 is 13.7 Å². The summed E-state index contributed by atoms with van der Waals surface area (Å²) in [5.74, 6) is -0.284. The van der Waals surface area contributed by atoms with E-state index in [4.69, 9.17) is 13.7 Å². The van der Waals surface area contributed by atoms with Gasteiger partial charge in [-0.2, -0.15) is 8.42 Å². The predicted octanol–water partition coefficient (Wildman–Crippen LogP) is 4.13. The van der Waals surface area contributed by atoms with Crippen molar-refractivity contribution in [3.63, 3.8) is 0 Å². The maximum Gasteiger partial charge on any atom is 0.311 e. The first-order chi connectivity index (χ1) is 13.5. The third-order valence-corrected chi connectivity index (χ3v) is 4.71. The van der Waals surface area contributed by atoms with Crippen LogP contribution in [0.5, 0.6) is 11.5 Å². The second-order valence-corrected chi connectivity index (χ2v) is 9.25. The Kier molecular flexibility index (Phi) is 9.62. The van der Waals surface area contributed by atoms with Gasteiger partial charge in [-0.25, -0.2) is 0 Å². The zero-order chi connectivity index (χ0) is 22.1. The van der Waals surface area contributed by atoms with E-state index in [-0.39, 0.29) is 30.7 Å². The van der Waals surface area contributed by atoms with E-state index in [0.717, 1.165) is 25.5 Å². The first-order valence-corrected chi connectivity index (χ1v) is 11.7. The van der Waals surface area contributed by atoms with Crippen molar-refractivity contribution in [3.05, 3.63) is 23.8 Å². The minimum absolute atomic E-state index is 0.0530. The van der Waals surface area contributed by atoms with Crippen LogP contribution in [0.3, 0.4) is 0 Å². The Hall–Kier alpha value is -2.09. The summed E-state index contributed by atoms with van der Waals surface area (Å²) in [6.45, 7) is 7.67. The van der Waals surface area contributed by atoms with Crippen molar-refractivity contribution in [2.24, 2.45) is 0 Å². The molecule has 0 bridgehead atoms. The van der Waals surface area contributed by atoms with Crippen LogP contribution in [0, 0.1) is 0 Å². The van der Waals surface area contributed by atoms with Crippen LogP contribution in [0.4, 0.5) is 0 Å². The van der Waals surface area contributed by atoms with Crippen molar-refractivity contribution < 1.29 is 31.7 Å². The largest absolute Gasteiger partial charge is 0.465 e. The van der Waals surface area contributed by atoms with Crippen LogP contribution in [-0.2, 0) is 29.9 Å². The van der Waals surface area contributed by atoms with Crippen LogP contribution in [0.2, 0.25) is 0 Å². The quantitative estimate of drug-likeness (QED) is 0.280. The van der Waals surface area contributed by atoms with Crippen molar-refractivity contribution in [1.29, 1.82) is 0 Å². The van der Waals surface area contributed by atoms with E-state index in [1.807, 2.05) is 27.7 Å². The number of benzene rings is 1. The highest BCUT2D eigenvalue weighted by molar-refractivity contribution is 7.86. The van der Waals surface area contributed by atoms with Crippen molar-refractivity contribution >= 4 is 22.1 Å². The fourth-order valence-corrected chi connectivity index (χ4v) is 3.03. The summed E-state index contributed by atoms with van der Waals surface area (Å²) in [5, 5.41) is 0. The molecule has 0 unspecified atom stereocenters. The Balaban J connectivity index is 3.13. The topological polar surface area (TPSA) is 96.0 Å². The highest BCUT2D eigenvalue weighted by Gasteiger charge is 2.28. The van der Waals surface area contributed by atoms with Crippen LogP contribution >= 0.6 is 0 Å². The molecule has 0 heterocycles. The molecule has 0 fully saturated rings. The normalized spacial score (nSPS) is 11.8. The van der Waals surface area contributed by atoms with E-state index in [1.54, 1.807) is 0 Å². The lowest BCUT2D eigenvalue weighted by Gasteiger charge is -2.27. The van der Waals surface area contributed by atoms with E-state index in [9.17, 15) is 18.0 Å². The summed E-state index contributed by atoms with van der Waals surface area (Å²) in [6.07, 6.45) is 4.78. The highest BCUT2D eigenvalue weighted by Crippen LogP contribution is 2.36. The lowest BCUT2D eigenvalue weighted by atomic mass is 9.84. The molecular formula is C21H32O7S. The minimum atomic E-state index is -3.72. The zero-order valence-corrected chi connectivity index (χ0v) is 18.8. The highest BCUT2D eigenvalue weighted by atomic mass is 32.2. The molecular weight excluding hydrogens is 396 g/mol. The molecule has 8 heteroatoms. The number of unbranched alkanes of at least 4 members (excludes halogenated alkanes) is 2. The smallest absolute Gasteiger partial charge is 0.311 e. The summed E-state index contributed by atoms with van der Waals surface area (Å²) in [6, 6.07) is 4.43. The van der Waals surface area contributed by atoms with Gasteiger partial charge in [-0.1, -0.05) is 40.5 Å². The summed E-state index contributed by atoms with van der Waals surface area (Å²) in [5.41, 5.74) is -0.217. The Bertz CT molecular complexity index is 797. The van der Waals surface area contributed by atoms with E-state index in [2.05, 4.69) is 0 Å². The summed E-state index contributed by atoms with van der Waals surface area (Å²) < 4.78 is 38.8. The fourth-order valence-electron chi connectivity index (χ4n) is 2.58. The SMILES string of the molecule is CCCCC(=O)OCC(C)(C)c1cc(OS(C)(=O)=O)ccc1OC(=O)CCCC. The third kappa shape index (κ3) is 9.30. The van der Waals surface area contributed by atoms with E-state index >= 15 is 0 Å². The molecule has 0 saturated heterocycles. The molecule has 0 aliphatic carbocycles. The van der Waals surface area contributed by atoms with Crippen molar-refractivity contribution in [3.8, 4) is 11.5 Å². The number of rotatable bonds is 12. The number of esters is 2. The molecule has 164 valence electrons. The molecule has 0 spiro atoms. The first kappa shape index (κ1) is 24.9. The van der Waals surface area contributed by atoms with Gasteiger partial charge in [0.15, 0.2) is 0 Å². The van der Waals surface area contributed by atoms with Gasteiger partial charge in [0.05, 0.1) is 6.26 Å². The van der Waals surface area contributed by atoms with Crippen LogP contribution in [0.1, 0.15) is 71.8 Å². The van der Waals surface area contributed by atoms with E-state index in [0.29, 0.717) is 24.2 Å². The second-order valence-electron chi connectivity index (χ2n) is 7.67. The molecule has 1 aromatic carbocycles. The van der Waals surface area contributed by atoms with Gasteiger partial charge in [0, 0.05) is 23.8 Å². The fraction of sp³-hybridized carbons (Fsp3) is 0.619. The average molecular weight is 429 g/mol. The predicted molar refractivity (Wildman–Crippen MR) is 111 cm³/mol. The molecule has 0 saturated carbocycles. The van der Waals surface area contributed by atoms with Gasteiger partial charge in [-0.05, 0) is 31.0 Å². The lowest BCUT2D eigenvalue weighted by Crippen LogP contribution is -2.27. The Labute approximate surface area is 173 Å². The third-order valence-electron chi connectivity index (χ3n) is 4.21. The van der Waals surface area contributed by atoms with Crippen molar-refractivity contribution in [1.82, 2.24) is 0 Å². The molecule has 1 rings (SSSR count). The lowest BCUT2D eigenvalue weighted by molar-refractivity contribution is -0.145. The van der Waals surface area contributed by atoms with E-state index in [1.165, 1.54) is 18.2 Å². The van der Waals surface area contributed by atoms with Gasteiger partial charge in [-0.3, -0.25) is 9.59 Å². The molecule has 0 amide bonds. The Morgan fingerprint density at radius 2 is 1.59 bits per heavy atom.